The van der Waals surface area contributed by atoms with E-state index >= 15 is 0 Å². The second-order valence-electron chi connectivity index (χ2n) is 4.72. The highest BCUT2D eigenvalue weighted by molar-refractivity contribution is 9.10. The van der Waals surface area contributed by atoms with Gasteiger partial charge in [0.15, 0.2) is 0 Å². The number of halogens is 1. The Hall–Kier alpha value is -0.920. The van der Waals surface area contributed by atoms with Crippen LogP contribution in [0.1, 0.15) is 12.8 Å². The normalized spacial score (nSPS) is 20.3. The fourth-order valence-corrected chi connectivity index (χ4v) is 2.66. The summed E-state index contributed by atoms with van der Waals surface area (Å²) in [5.41, 5.74) is 2.49. The molecule has 1 saturated heterocycles. The molecule has 18 heavy (non-hydrogen) atoms. The first-order valence-corrected chi connectivity index (χ1v) is 6.81. The van der Waals surface area contributed by atoms with Gasteiger partial charge in [-0.2, -0.15) is 4.98 Å². The SMILES string of the molecule is CN(C)C1CCCN(c2nc(NN)ncc2Br)C1. The monoisotopic (exact) mass is 314 g/mol. The molecule has 6 nitrogen and oxygen atoms in total. The third-order valence-corrected chi connectivity index (χ3v) is 3.84. The molecule has 0 saturated carbocycles. The first-order valence-electron chi connectivity index (χ1n) is 6.02. The van der Waals surface area contributed by atoms with Gasteiger partial charge in [-0.25, -0.2) is 10.8 Å². The molecule has 0 radical (unpaired) electrons. The zero-order valence-electron chi connectivity index (χ0n) is 10.7. The van der Waals surface area contributed by atoms with Gasteiger partial charge in [-0.3, -0.25) is 5.43 Å². The van der Waals surface area contributed by atoms with Crippen molar-refractivity contribution in [2.75, 3.05) is 37.5 Å². The molecular weight excluding hydrogens is 296 g/mol. The van der Waals surface area contributed by atoms with Gasteiger partial charge in [0, 0.05) is 25.3 Å². The molecule has 2 heterocycles. The minimum absolute atomic E-state index is 0.445. The summed E-state index contributed by atoms with van der Waals surface area (Å²) in [7, 11) is 4.24. The van der Waals surface area contributed by atoms with Crippen LogP contribution < -0.4 is 16.2 Å². The molecule has 3 N–H and O–H groups in total. The summed E-state index contributed by atoms with van der Waals surface area (Å²) >= 11 is 3.50. The molecule has 1 fully saturated rings. The Balaban J connectivity index is 2.19. The van der Waals surface area contributed by atoms with Crippen LogP contribution in [0.5, 0.6) is 0 Å². The van der Waals surface area contributed by atoms with Crippen LogP contribution in [0.2, 0.25) is 0 Å². The van der Waals surface area contributed by atoms with Gasteiger partial charge in [0.2, 0.25) is 5.95 Å². The largest absolute Gasteiger partial charge is 0.354 e. The number of hydrogen-bond acceptors (Lipinski definition) is 6. The number of nitrogens with one attached hydrogen (secondary N) is 1. The molecule has 1 atom stereocenters. The van der Waals surface area contributed by atoms with Crippen molar-refractivity contribution in [1.82, 2.24) is 14.9 Å². The third kappa shape index (κ3) is 2.90. The third-order valence-electron chi connectivity index (χ3n) is 3.28. The Kier molecular flexibility index (Phi) is 4.36. The predicted molar refractivity (Wildman–Crippen MR) is 76.5 cm³/mol. The van der Waals surface area contributed by atoms with E-state index in [1.165, 1.54) is 12.8 Å². The number of nitrogens with two attached hydrogens (primary N) is 1. The Labute approximate surface area is 116 Å². The van der Waals surface area contributed by atoms with Crippen molar-refractivity contribution in [3.05, 3.63) is 10.7 Å². The maximum atomic E-state index is 5.36. The number of piperidine rings is 1. The number of hydrazine groups is 1. The van der Waals surface area contributed by atoms with E-state index in [0.717, 1.165) is 23.4 Å². The molecule has 1 aromatic rings. The quantitative estimate of drug-likeness (QED) is 0.642. The van der Waals surface area contributed by atoms with Gasteiger partial charge in [0.05, 0.1) is 4.47 Å². The van der Waals surface area contributed by atoms with Gasteiger partial charge in [-0.15, -0.1) is 0 Å². The topological polar surface area (TPSA) is 70.3 Å². The van der Waals surface area contributed by atoms with Crippen molar-refractivity contribution < 1.29 is 0 Å². The zero-order valence-corrected chi connectivity index (χ0v) is 12.3. The highest BCUT2D eigenvalue weighted by atomic mass is 79.9. The van der Waals surface area contributed by atoms with Gasteiger partial charge in [-0.1, -0.05) is 0 Å². The van der Waals surface area contributed by atoms with Crippen molar-refractivity contribution in [3.8, 4) is 0 Å². The van der Waals surface area contributed by atoms with Gasteiger partial charge in [-0.05, 0) is 42.9 Å². The number of aromatic nitrogens is 2. The first-order chi connectivity index (χ1) is 8.61. The standard InChI is InChI=1S/C11H19BrN6/c1-17(2)8-4-3-5-18(7-8)10-9(12)6-14-11(15-10)16-13/h6,8H,3-5,7,13H2,1-2H3,(H,14,15,16). The number of anilines is 2. The molecule has 0 spiro atoms. The van der Waals surface area contributed by atoms with Crippen molar-refractivity contribution in [1.29, 1.82) is 0 Å². The Morgan fingerprint density at radius 2 is 2.33 bits per heavy atom. The van der Waals surface area contributed by atoms with Crippen molar-refractivity contribution in [2.24, 2.45) is 5.84 Å². The van der Waals surface area contributed by atoms with Crippen LogP contribution in [0.25, 0.3) is 0 Å². The minimum Gasteiger partial charge on any atom is -0.354 e. The second kappa shape index (κ2) is 5.81. The van der Waals surface area contributed by atoms with Crippen molar-refractivity contribution in [3.63, 3.8) is 0 Å². The number of nitrogens with zero attached hydrogens (tertiary/aromatic N) is 4. The second-order valence-corrected chi connectivity index (χ2v) is 5.57. The highest BCUT2D eigenvalue weighted by Crippen LogP contribution is 2.27. The molecule has 1 unspecified atom stereocenters. The van der Waals surface area contributed by atoms with Crippen LogP contribution in [-0.2, 0) is 0 Å². The molecule has 1 aliphatic heterocycles. The average Bonchev–Trinajstić information content (AvgIpc) is 2.39. The lowest BCUT2D eigenvalue weighted by Crippen LogP contribution is -2.45. The maximum Gasteiger partial charge on any atom is 0.239 e. The minimum atomic E-state index is 0.445. The van der Waals surface area contributed by atoms with Crippen LogP contribution in [0.15, 0.2) is 10.7 Å². The van der Waals surface area contributed by atoms with Crippen LogP contribution in [0.3, 0.4) is 0 Å². The lowest BCUT2D eigenvalue weighted by molar-refractivity contribution is 0.257. The molecular formula is C11H19BrN6. The molecule has 0 aromatic carbocycles. The number of hydrogen-bond donors (Lipinski definition) is 2. The van der Waals surface area contributed by atoms with Crippen LogP contribution in [0.4, 0.5) is 11.8 Å². The van der Waals surface area contributed by atoms with Crippen LogP contribution in [0, 0.1) is 0 Å². The molecule has 0 bridgehead atoms. The molecule has 0 aliphatic carbocycles. The average molecular weight is 315 g/mol. The summed E-state index contributed by atoms with van der Waals surface area (Å²) in [6.07, 6.45) is 4.13. The van der Waals surface area contributed by atoms with Gasteiger partial charge < -0.3 is 9.80 Å². The summed E-state index contributed by atoms with van der Waals surface area (Å²) in [5, 5.41) is 0. The predicted octanol–water partition coefficient (Wildman–Crippen LogP) is 1.06. The van der Waals surface area contributed by atoms with Crippen LogP contribution in [-0.4, -0.2) is 48.1 Å². The van der Waals surface area contributed by atoms with Gasteiger partial charge in [0.1, 0.15) is 5.82 Å². The number of likely N-dealkylation sites (N-methyl/N-ethyl adjacent to an activating group) is 1. The van der Waals surface area contributed by atoms with Crippen molar-refractivity contribution >= 4 is 27.7 Å². The van der Waals surface area contributed by atoms with E-state index in [4.69, 9.17) is 5.84 Å². The Morgan fingerprint density at radius 3 is 3.00 bits per heavy atom. The van der Waals surface area contributed by atoms with Gasteiger partial charge >= 0.3 is 0 Å². The lowest BCUT2D eigenvalue weighted by Gasteiger charge is -2.37. The van der Waals surface area contributed by atoms with E-state index in [2.05, 4.69) is 55.2 Å². The van der Waals surface area contributed by atoms with E-state index in [-0.39, 0.29) is 0 Å². The fraction of sp³-hybridized carbons (Fsp3) is 0.636. The zero-order chi connectivity index (χ0) is 13.1. The number of nitrogen functional groups attached to an aromatic ring is 1. The van der Waals surface area contributed by atoms with E-state index < -0.39 is 0 Å². The summed E-state index contributed by atoms with van der Waals surface area (Å²) in [6, 6.07) is 0.565. The molecule has 2 rings (SSSR count). The highest BCUT2D eigenvalue weighted by Gasteiger charge is 2.24. The summed E-state index contributed by atoms with van der Waals surface area (Å²) in [5.74, 6) is 6.71. The smallest absolute Gasteiger partial charge is 0.239 e. The van der Waals surface area contributed by atoms with E-state index in [9.17, 15) is 0 Å². The van der Waals surface area contributed by atoms with Gasteiger partial charge in [0.25, 0.3) is 0 Å². The van der Waals surface area contributed by atoms with E-state index in [1.807, 2.05) is 0 Å². The Morgan fingerprint density at radius 1 is 1.56 bits per heavy atom. The summed E-state index contributed by atoms with van der Waals surface area (Å²) < 4.78 is 0.904. The van der Waals surface area contributed by atoms with Crippen LogP contribution >= 0.6 is 15.9 Å². The number of rotatable bonds is 3. The molecule has 0 amide bonds. The molecule has 100 valence electrons. The Bertz CT molecular complexity index is 411. The summed E-state index contributed by atoms with van der Waals surface area (Å²) in [4.78, 5) is 13.0. The molecule has 1 aliphatic rings. The fourth-order valence-electron chi connectivity index (χ4n) is 2.22. The first kappa shape index (κ1) is 13.5. The molecule has 7 heteroatoms. The lowest BCUT2D eigenvalue weighted by atomic mass is 10.1. The molecule has 1 aromatic heterocycles. The maximum absolute atomic E-state index is 5.36. The van der Waals surface area contributed by atoms with Crippen molar-refractivity contribution in [2.45, 2.75) is 18.9 Å². The van der Waals surface area contributed by atoms with E-state index in [1.54, 1.807) is 6.20 Å². The van der Waals surface area contributed by atoms with E-state index in [0.29, 0.717) is 12.0 Å². The summed E-state index contributed by atoms with van der Waals surface area (Å²) in [6.45, 7) is 2.00.